The Bertz CT molecular complexity index is 409. The maximum Gasteiger partial charge on any atom is 0.0402 e. The molecule has 1 unspecified atom stereocenters. The molecule has 0 amide bonds. The van der Waals surface area contributed by atoms with Crippen LogP contribution in [-0.4, -0.2) is 25.7 Å². The Hall–Kier alpha value is -1.02. The molecule has 3 rings (SSSR count). The number of anilines is 1. The number of nitrogens with one attached hydrogen (secondary N) is 1. The standard InChI is InChI=1S/C17H26N2/c1-14-12-16-8-4-5-9-17(16)19(14)11-10-18-13-15-6-2-3-7-15/h4-5,8-9,14-15,18H,2-3,6-7,10-13H2,1H3. The normalized spacial score (nSPS) is 23.0. The Morgan fingerprint density at radius 2 is 2.00 bits per heavy atom. The van der Waals surface area contributed by atoms with Gasteiger partial charge in [-0.3, -0.25) is 0 Å². The lowest BCUT2D eigenvalue weighted by atomic mass is 10.1. The van der Waals surface area contributed by atoms with Crippen LogP contribution >= 0.6 is 0 Å². The summed E-state index contributed by atoms with van der Waals surface area (Å²) in [4.78, 5) is 2.57. The predicted molar refractivity (Wildman–Crippen MR) is 81.8 cm³/mol. The first-order valence-corrected chi connectivity index (χ1v) is 7.90. The Morgan fingerprint density at radius 3 is 2.84 bits per heavy atom. The predicted octanol–water partition coefficient (Wildman–Crippen LogP) is 3.22. The third kappa shape index (κ3) is 2.94. The molecular weight excluding hydrogens is 232 g/mol. The first-order valence-electron chi connectivity index (χ1n) is 7.90. The molecule has 1 N–H and O–H groups in total. The van der Waals surface area contributed by atoms with Crippen molar-refractivity contribution in [1.82, 2.24) is 5.32 Å². The molecule has 0 aromatic heterocycles. The highest BCUT2D eigenvalue weighted by atomic mass is 15.2. The topological polar surface area (TPSA) is 15.3 Å². The molecule has 0 radical (unpaired) electrons. The number of para-hydroxylation sites is 1. The van der Waals surface area contributed by atoms with E-state index >= 15 is 0 Å². The molecule has 1 atom stereocenters. The van der Waals surface area contributed by atoms with Gasteiger partial charge in [-0.15, -0.1) is 0 Å². The highest BCUT2D eigenvalue weighted by molar-refractivity contribution is 5.59. The van der Waals surface area contributed by atoms with Crippen molar-refractivity contribution < 1.29 is 0 Å². The molecule has 1 aliphatic heterocycles. The summed E-state index contributed by atoms with van der Waals surface area (Å²) < 4.78 is 0. The van der Waals surface area contributed by atoms with Gasteiger partial charge in [-0.1, -0.05) is 31.0 Å². The molecule has 1 saturated carbocycles. The van der Waals surface area contributed by atoms with Crippen LogP contribution in [-0.2, 0) is 6.42 Å². The summed E-state index contributed by atoms with van der Waals surface area (Å²) in [6.07, 6.45) is 6.98. The SMILES string of the molecule is CC1Cc2ccccc2N1CCNCC1CCCC1. The Balaban J connectivity index is 1.47. The second-order valence-electron chi connectivity index (χ2n) is 6.23. The van der Waals surface area contributed by atoms with Crippen molar-refractivity contribution in [3.05, 3.63) is 29.8 Å². The monoisotopic (exact) mass is 258 g/mol. The maximum absolute atomic E-state index is 3.66. The molecular formula is C17H26N2. The third-order valence-corrected chi connectivity index (χ3v) is 4.79. The summed E-state index contributed by atoms with van der Waals surface area (Å²) in [5.74, 6) is 0.947. The van der Waals surface area contributed by atoms with Gasteiger partial charge in [-0.05, 0) is 50.3 Å². The minimum atomic E-state index is 0.658. The summed E-state index contributed by atoms with van der Waals surface area (Å²) in [6, 6.07) is 9.53. The lowest BCUT2D eigenvalue weighted by molar-refractivity contribution is 0.487. The van der Waals surface area contributed by atoms with Crippen LogP contribution in [0.1, 0.15) is 38.2 Å². The summed E-state index contributed by atoms with van der Waals surface area (Å²) in [5.41, 5.74) is 2.98. The van der Waals surface area contributed by atoms with E-state index in [1.165, 1.54) is 49.9 Å². The lowest BCUT2D eigenvalue weighted by Gasteiger charge is -2.25. The molecule has 1 aromatic rings. The summed E-state index contributed by atoms with van der Waals surface area (Å²) in [6.45, 7) is 5.83. The zero-order valence-electron chi connectivity index (χ0n) is 12.1. The molecule has 0 bridgehead atoms. The van der Waals surface area contributed by atoms with Gasteiger partial charge in [0.1, 0.15) is 0 Å². The molecule has 2 aliphatic rings. The summed E-state index contributed by atoms with van der Waals surface area (Å²) in [5, 5.41) is 3.66. The van der Waals surface area contributed by atoms with Gasteiger partial charge in [0.2, 0.25) is 0 Å². The van der Waals surface area contributed by atoms with Crippen LogP contribution in [0.25, 0.3) is 0 Å². The Labute approximate surface area is 117 Å². The van der Waals surface area contributed by atoms with E-state index in [9.17, 15) is 0 Å². The van der Waals surface area contributed by atoms with Crippen LogP contribution in [0, 0.1) is 5.92 Å². The van der Waals surface area contributed by atoms with Crippen molar-refractivity contribution in [3.8, 4) is 0 Å². The highest BCUT2D eigenvalue weighted by Crippen LogP contribution is 2.31. The molecule has 1 aromatic carbocycles. The second kappa shape index (κ2) is 5.96. The van der Waals surface area contributed by atoms with Crippen LogP contribution in [0.15, 0.2) is 24.3 Å². The van der Waals surface area contributed by atoms with Gasteiger partial charge in [0.25, 0.3) is 0 Å². The highest BCUT2D eigenvalue weighted by Gasteiger charge is 2.24. The molecule has 19 heavy (non-hydrogen) atoms. The van der Waals surface area contributed by atoms with Gasteiger partial charge in [0.05, 0.1) is 0 Å². The fourth-order valence-electron chi connectivity index (χ4n) is 3.69. The van der Waals surface area contributed by atoms with Crippen LogP contribution in [0.5, 0.6) is 0 Å². The minimum Gasteiger partial charge on any atom is -0.367 e. The van der Waals surface area contributed by atoms with Gasteiger partial charge < -0.3 is 10.2 Å². The number of nitrogens with zero attached hydrogens (tertiary/aromatic N) is 1. The van der Waals surface area contributed by atoms with E-state index in [0.717, 1.165) is 19.0 Å². The van der Waals surface area contributed by atoms with Gasteiger partial charge in [0, 0.05) is 24.8 Å². The van der Waals surface area contributed by atoms with Crippen LogP contribution < -0.4 is 10.2 Å². The van der Waals surface area contributed by atoms with E-state index in [1.807, 2.05) is 0 Å². The first kappa shape index (κ1) is 13.0. The third-order valence-electron chi connectivity index (χ3n) is 4.79. The van der Waals surface area contributed by atoms with Crippen molar-refractivity contribution in [2.75, 3.05) is 24.5 Å². The molecule has 1 aliphatic carbocycles. The van der Waals surface area contributed by atoms with E-state index < -0.39 is 0 Å². The van der Waals surface area contributed by atoms with Crippen LogP contribution in [0.4, 0.5) is 5.69 Å². The van der Waals surface area contributed by atoms with Gasteiger partial charge in [-0.25, -0.2) is 0 Å². The average molecular weight is 258 g/mol. The van der Waals surface area contributed by atoms with Crippen molar-refractivity contribution in [2.45, 2.75) is 45.1 Å². The zero-order valence-corrected chi connectivity index (χ0v) is 12.1. The van der Waals surface area contributed by atoms with E-state index in [1.54, 1.807) is 0 Å². The van der Waals surface area contributed by atoms with Gasteiger partial charge >= 0.3 is 0 Å². The summed E-state index contributed by atoms with van der Waals surface area (Å²) in [7, 11) is 0. The Kier molecular flexibility index (Phi) is 4.07. The number of hydrogen-bond acceptors (Lipinski definition) is 2. The smallest absolute Gasteiger partial charge is 0.0402 e. The van der Waals surface area contributed by atoms with Crippen molar-refractivity contribution in [2.24, 2.45) is 5.92 Å². The average Bonchev–Trinajstić information content (AvgIpc) is 3.02. The molecule has 1 fully saturated rings. The number of fused-ring (bicyclic) bond motifs is 1. The van der Waals surface area contributed by atoms with Crippen LogP contribution in [0.2, 0.25) is 0 Å². The maximum atomic E-state index is 3.66. The van der Waals surface area contributed by atoms with Gasteiger partial charge in [-0.2, -0.15) is 0 Å². The Morgan fingerprint density at radius 1 is 1.21 bits per heavy atom. The lowest BCUT2D eigenvalue weighted by Crippen LogP contribution is -2.37. The minimum absolute atomic E-state index is 0.658. The molecule has 2 heteroatoms. The zero-order chi connectivity index (χ0) is 13.1. The van der Waals surface area contributed by atoms with Crippen molar-refractivity contribution in [1.29, 1.82) is 0 Å². The molecule has 0 saturated heterocycles. The van der Waals surface area contributed by atoms with E-state index in [2.05, 4.69) is 41.4 Å². The number of hydrogen-bond donors (Lipinski definition) is 1. The fourth-order valence-corrected chi connectivity index (χ4v) is 3.69. The first-order chi connectivity index (χ1) is 9.34. The molecule has 104 valence electrons. The number of benzene rings is 1. The summed E-state index contributed by atoms with van der Waals surface area (Å²) >= 11 is 0. The number of rotatable bonds is 5. The van der Waals surface area contributed by atoms with Gasteiger partial charge in [0.15, 0.2) is 0 Å². The van der Waals surface area contributed by atoms with Crippen molar-refractivity contribution >= 4 is 5.69 Å². The second-order valence-corrected chi connectivity index (χ2v) is 6.23. The molecule has 0 spiro atoms. The van der Waals surface area contributed by atoms with E-state index in [4.69, 9.17) is 0 Å². The quantitative estimate of drug-likeness (QED) is 0.816. The molecule has 1 heterocycles. The molecule has 2 nitrogen and oxygen atoms in total. The largest absolute Gasteiger partial charge is 0.367 e. The fraction of sp³-hybridized carbons (Fsp3) is 0.647. The van der Waals surface area contributed by atoms with E-state index in [0.29, 0.717) is 6.04 Å². The van der Waals surface area contributed by atoms with Crippen molar-refractivity contribution in [3.63, 3.8) is 0 Å². The van der Waals surface area contributed by atoms with Crippen LogP contribution in [0.3, 0.4) is 0 Å². The van der Waals surface area contributed by atoms with E-state index in [-0.39, 0.29) is 0 Å².